The summed E-state index contributed by atoms with van der Waals surface area (Å²) in [7, 11) is -3.34. The van der Waals surface area contributed by atoms with Gasteiger partial charge in [-0.1, -0.05) is 38.8 Å². The van der Waals surface area contributed by atoms with E-state index in [0.29, 0.717) is 42.6 Å². The first-order valence-corrected chi connectivity index (χ1v) is 14.8. The third kappa shape index (κ3) is 7.04. The molecule has 7 nitrogen and oxygen atoms in total. The molecule has 1 aromatic carbocycles. The van der Waals surface area contributed by atoms with Gasteiger partial charge in [-0.05, 0) is 61.6 Å². The number of sulfone groups is 1. The van der Waals surface area contributed by atoms with E-state index in [1.54, 1.807) is 11.0 Å². The fourth-order valence-corrected chi connectivity index (χ4v) is 6.42. The molecular formula is C26H41N3O4S. The number of hydrogen-bond donors (Lipinski definition) is 1. The maximum Gasteiger partial charge on any atom is 0.248 e. The number of nitrogens with two attached hydrogens (primary N) is 1. The first-order valence-electron chi connectivity index (χ1n) is 12.7. The van der Waals surface area contributed by atoms with Gasteiger partial charge < -0.3 is 10.6 Å². The quantitative estimate of drug-likeness (QED) is 0.484. The molecule has 2 bridgehead atoms. The Kier molecular flexibility index (Phi) is 9.15. The van der Waals surface area contributed by atoms with Gasteiger partial charge in [-0.3, -0.25) is 14.5 Å². The van der Waals surface area contributed by atoms with Crippen LogP contribution < -0.4 is 5.73 Å². The summed E-state index contributed by atoms with van der Waals surface area (Å²) in [6, 6.07) is 8.78. The lowest BCUT2D eigenvalue weighted by Gasteiger charge is -2.39. The number of hydrogen-bond acceptors (Lipinski definition) is 5. The Balaban J connectivity index is 1.59. The number of amides is 2. The Morgan fingerprint density at radius 3 is 2.35 bits per heavy atom. The number of fused-ring (bicyclic) bond motifs is 2. The number of carbonyl (C=O) groups is 2. The molecular weight excluding hydrogens is 450 g/mol. The van der Waals surface area contributed by atoms with Crippen molar-refractivity contribution in [1.29, 1.82) is 0 Å². The normalized spacial score (nSPS) is 22.8. The molecule has 3 atom stereocenters. The Hall–Kier alpha value is -1.93. The molecule has 0 radical (unpaired) electrons. The van der Waals surface area contributed by atoms with Crippen molar-refractivity contribution in [1.82, 2.24) is 9.80 Å². The Morgan fingerprint density at radius 1 is 1.15 bits per heavy atom. The van der Waals surface area contributed by atoms with Crippen LogP contribution in [0.3, 0.4) is 0 Å². The van der Waals surface area contributed by atoms with E-state index in [1.165, 1.54) is 18.4 Å². The lowest BCUT2D eigenvalue weighted by atomic mass is 9.84. The second-order valence-corrected chi connectivity index (χ2v) is 12.4. The third-order valence-corrected chi connectivity index (χ3v) is 8.51. The van der Waals surface area contributed by atoms with Crippen molar-refractivity contribution in [3.05, 3.63) is 35.4 Å². The van der Waals surface area contributed by atoms with E-state index < -0.39 is 15.6 Å². The molecule has 2 heterocycles. The minimum Gasteiger partial charge on any atom is -0.366 e. The van der Waals surface area contributed by atoms with Crippen LogP contribution in [0.25, 0.3) is 0 Å². The molecule has 190 valence electrons. The van der Waals surface area contributed by atoms with Crippen LogP contribution in [0, 0.1) is 5.92 Å². The second-order valence-electron chi connectivity index (χ2n) is 10.2. The first-order chi connectivity index (χ1) is 16.1. The molecule has 2 amide bonds. The van der Waals surface area contributed by atoms with Crippen LogP contribution in [-0.4, -0.2) is 73.8 Å². The summed E-state index contributed by atoms with van der Waals surface area (Å²) in [5.41, 5.74) is 7.25. The summed E-state index contributed by atoms with van der Waals surface area (Å²) in [5.74, 6) is -0.230. The molecule has 1 aromatic rings. The zero-order valence-corrected chi connectivity index (χ0v) is 21.7. The maximum absolute atomic E-state index is 12.7. The number of rotatable bonds is 12. The van der Waals surface area contributed by atoms with E-state index in [2.05, 4.69) is 24.8 Å². The van der Waals surface area contributed by atoms with E-state index in [0.717, 1.165) is 44.9 Å². The predicted octanol–water partition coefficient (Wildman–Crippen LogP) is 3.20. The highest BCUT2D eigenvalue weighted by Crippen LogP contribution is 2.43. The van der Waals surface area contributed by atoms with Gasteiger partial charge in [-0.25, -0.2) is 8.42 Å². The van der Waals surface area contributed by atoms with E-state index in [-0.39, 0.29) is 11.8 Å². The number of nitrogens with zero attached hydrogens (tertiary/aromatic N) is 2. The summed E-state index contributed by atoms with van der Waals surface area (Å²) in [4.78, 5) is 28.7. The lowest BCUT2D eigenvalue weighted by molar-refractivity contribution is -0.129. The van der Waals surface area contributed by atoms with Gasteiger partial charge in [-0.15, -0.1) is 0 Å². The SMILES string of the molecule is CCC(CC)CN(CCCN1[C@@H]2CC[C@H]1CC(c1cccc(C(N)=O)c1)C2)C(=O)CS(C)(=O)=O. The van der Waals surface area contributed by atoms with Gasteiger partial charge in [-0.2, -0.15) is 0 Å². The van der Waals surface area contributed by atoms with Crippen LogP contribution in [0.5, 0.6) is 0 Å². The number of benzene rings is 1. The molecule has 1 unspecified atom stereocenters. The smallest absolute Gasteiger partial charge is 0.248 e. The molecule has 2 saturated heterocycles. The zero-order valence-electron chi connectivity index (χ0n) is 20.9. The van der Waals surface area contributed by atoms with E-state index in [1.807, 2.05) is 12.1 Å². The van der Waals surface area contributed by atoms with Gasteiger partial charge in [0.15, 0.2) is 9.84 Å². The van der Waals surface area contributed by atoms with Crippen LogP contribution >= 0.6 is 0 Å². The minimum atomic E-state index is -3.34. The Labute approximate surface area is 205 Å². The average molecular weight is 492 g/mol. The highest BCUT2D eigenvalue weighted by atomic mass is 32.2. The van der Waals surface area contributed by atoms with Gasteiger partial charge in [0.1, 0.15) is 5.75 Å². The number of primary amides is 1. The van der Waals surface area contributed by atoms with Crippen LogP contribution in [0.15, 0.2) is 24.3 Å². The topological polar surface area (TPSA) is 101 Å². The molecule has 34 heavy (non-hydrogen) atoms. The van der Waals surface area contributed by atoms with Gasteiger partial charge in [0.05, 0.1) is 0 Å². The van der Waals surface area contributed by atoms with Crippen molar-refractivity contribution in [2.75, 3.05) is 31.6 Å². The summed E-state index contributed by atoms with van der Waals surface area (Å²) in [5, 5.41) is 0. The van der Waals surface area contributed by atoms with Crippen LogP contribution in [0.1, 0.15) is 80.6 Å². The fraction of sp³-hybridized carbons (Fsp3) is 0.692. The fourth-order valence-electron chi connectivity index (χ4n) is 5.79. The van der Waals surface area contributed by atoms with Crippen molar-refractivity contribution in [3.8, 4) is 0 Å². The van der Waals surface area contributed by atoms with Crippen molar-refractivity contribution in [3.63, 3.8) is 0 Å². The second kappa shape index (κ2) is 11.7. The summed E-state index contributed by atoms with van der Waals surface area (Å²) in [6.07, 6.45) is 8.45. The lowest BCUT2D eigenvalue weighted by Crippen LogP contribution is -2.44. The maximum atomic E-state index is 12.7. The van der Waals surface area contributed by atoms with Crippen LogP contribution in [-0.2, 0) is 14.6 Å². The van der Waals surface area contributed by atoms with E-state index in [9.17, 15) is 18.0 Å². The molecule has 0 spiro atoms. The van der Waals surface area contributed by atoms with E-state index in [4.69, 9.17) is 5.73 Å². The van der Waals surface area contributed by atoms with Crippen molar-refractivity contribution in [2.24, 2.45) is 11.7 Å². The predicted molar refractivity (Wildman–Crippen MR) is 135 cm³/mol. The largest absolute Gasteiger partial charge is 0.366 e. The highest BCUT2D eigenvalue weighted by Gasteiger charge is 2.40. The highest BCUT2D eigenvalue weighted by molar-refractivity contribution is 7.91. The Bertz CT molecular complexity index is 947. The monoisotopic (exact) mass is 491 g/mol. The standard InChI is InChI=1S/C26H41N3O4S/c1-4-19(5-2)17-28(25(30)18-34(3,32)33)12-7-13-29-23-10-11-24(29)16-22(15-23)20-8-6-9-21(14-20)26(27)31/h6,8-9,14,19,22-24H,4-5,7,10-13,15-18H2,1-3H3,(H2,27,31)/t22?,23-,24+. The summed E-state index contributed by atoms with van der Waals surface area (Å²) >= 11 is 0. The Morgan fingerprint density at radius 2 is 1.79 bits per heavy atom. The molecule has 0 saturated carbocycles. The minimum absolute atomic E-state index is 0.273. The third-order valence-electron chi connectivity index (χ3n) is 7.74. The first kappa shape index (κ1) is 26.7. The van der Waals surface area contributed by atoms with Crippen LogP contribution in [0.2, 0.25) is 0 Å². The van der Waals surface area contributed by atoms with E-state index >= 15 is 0 Å². The number of carbonyl (C=O) groups excluding carboxylic acids is 2. The summed E-state index contributed by atoms with van der Waals surface area (Å²) < 4.78 is 23.4. The molecule has 3 rings (SSSR count). The van der Waals surface area contributed by atoms with Crippen molar-refractivity contribution < 1.29 is 18.0 Å². The molecule has 2 fully saturated rings. The molecule has 0 aromatic heterocycles. The van der Waals surface area contributed by atoms with Gasteiger partial charge in [0.25, 0.3) is 0 Å². The van der Waals surface area contributed by atoms with Gasteiger partial charge in [0, 0.05) is 43.5 Å². The molecule has 8 heteroatoms. The van der Waals surface area contributed by atoms with Gasteiger partial charge in [0.2, 0.25) is 11.8 Å². The van der Waals surface area contributed by atoms with Crippen molar-refractivity contribution >= 4 is 21.7 Å². The average Bonchev–Trinajstić information content (AvgIpc) is 3.01. The number of piperidine rings is 1. The van der Waals surface area contributed by atoms with Crippen LogP contribution in [0.4, 0.5) is 0 Å². The van der Waals surface area contributed by atoms with Crippen molar-refractivity contribution in [2.45, 2.75) is 76.8 Å². The molecule has 2 aliphatic heterocycles. The zero-order chi connectivity index (χ0) is 24.9. The molecule has 2 aliphatic rings. The van der Waals surface area contributed by atoms with Gasteiger partial charge >= 0.3 is 0 Å². The molecule has 2 N–H and O–H groups in total. The molecule has 0 aliphatic carbocycles. The summed E-state index contributed by atoms with van der Waals surface area (Å²) in [6.45, 7) is 6.40.